The molecule has 2 saturated carbocycles. The number of fused-ring (bicyclic) bond motifs is 2. The first-order valence-corrected chi connectivity index (χ1v) is 6.32. The lowest BCUT2D eigenvalue weighted by Crippen LogP contribution is -2.28. The van der Waals surface area contributed by atoms with Crippen molar-refractivity contribution in [2.24, 2.45) is 11.8 Å². The molecule has 2 aliphatic heterocycles. The molecule has 2 heteroatoms. The van der Waals surface area contributed by atoms with Crippen molar-refractivity contribution < 1.29 is 9.47 Å². The quantitative estimate of drug-likeness (QED) is 0.486. The fourth-order valence-corrected chi connectivity index (χ4v) is 3.77. The normalized spacial score (nSPS) is 56.9. The first kappa shape index (κ1) is 8.77. The molecule has 0 aromatic heterocycles. The molecule has 4 fully saturated rings. The van der Waals surface area contributed by atoms with Crippen molar-refractivity contribution in [2.75, 3.05) is 0 Å². The summed E-state index contributed by atoms with van der Waals surface area (Å²) in [5.74, 6) is 1.57. The molecule has 4 rings (SSSR count). The maximum absolute atomic E-state index is 5.62. The van der Waals surface area contributed by atoms with Gasteiger partial charge in [0.1, 0.15) is 6.10 Å². The molecule has 6 atom stereocenters. The van der Waals surface area contributed by atoms with E-state index in [1.807, 2.05) is 0 Å². The van der Waals surface area contributed by atoms with E-state index >= 15 is 0 Å². The molecule has 2 nitrogen and oxygen atoms in total. The number of hydrogen-bond donors (Lipinski definition) is 0. The summed E-state index contributed by atoms with van der Waals surface area (Å²) >= 11 is 0. The Labute approximate surface area is 90.6 Å². The Hall–Kier alpha value is -0.340. The molecular formula is C13H18O2. The predicted molar refractivity (Wildman–Crippen MR) is 56.5 cm³/mol. The van der Waals surface area contributed by atoms with E-state index in [2.05, 4.69) is 6.58 Å². The lowest BCUT2D eigenvalue weighted by Gasteiger charge is -2.31. The van der Waals surface area contributed by atoms with Gasteiger partial charge in [-0.25, -0.2) is 0 Å². The number of epoxide rings is 2. The topological polar surface area (TPSA) is 25.1 Å². The van der Waals surface area contributed by atoms with Crippen LogP contribution in [-0.4, -0.2) is 24.4 Å². The lowest BCUT2D eigenvalue weighted by molar-refractivity contribution is 0.266. The molecule has 2 saturated heterocycles. The zero-order chi connectivity index (χ0) is 9.99. The molecule has 82 valence electrons. The average Bonchev–Trinajstić information content (AvgIpc) is 3.12. The third-order valence-corrected chi connectivity index (χ3v) is 4.80. The van der Waals surface area contributed by atoms with Crippen LogP contribution in [0.1, 0.15) is 32.1 Å². The van der Waals surface area contributed by atoms with Crippen LogP contribution in [0.4, 0.5) is 0 Å². The van der Waals surface area contributed by atoms with Gasteiger partial charge < -0.3 is 9.47 Å². The first-order valence-electron chi connectivity index (χ1n) is 6.32. The highest BCUT2D eigenvalue weighted by Crippen LogP contribution is 2.50. The lowest BCUT2D eigenvalue weighted by atomic mass is 9.71. The summed E-state index contributed by atoms with van der Waals surface area (Å²) in [6.45, 7) is 4.27. The van der Waals surface area contributed by atoms with E-state index < -0.39 is 0 Å². The van der Waals surface area contributed by atoms with E-state index in [1.54, 1.807) is 0 Å². The first-order chi connectivity index (χ1) is 7.33. The van der Waals surface area contributed by atoms with Crippen molar-refractivity contribution in [2.45, 2.75) is 56.5 Å². The number of rotatable bonds is 1. The van der Waals surface area contributed by atoms with Gasteiger partial charge >= 0.3 is 0 Å². The summed E-state index contributed by atoms with van der Waals surface area (Å²) in [5.41, 5.74) is 1.40. The summed E-state index contributed by atoms with van der Waals surface area (Å²) in [6, 6.07) is 0. The third-order valence-electron chi connectivity index (χ3n) is 4.80. The summed E-state index contributed by atoms with van der Waals surface area (Å²) in [7, 11) is 0. The second-order valence-electron chi connectivity index (χ2n) is 5.64. The Bertz CT molecular complexity index is 312. The fourth-order valence-electron chi connectivity index (χ4n) is 3.77. The predicted octanol–water partition coefficient (Wildman–Crippen LogP) is 2.29. The number of ether oxygens (including phenoxy) is 2. The van der Waals surface area contributed by atoms with Gasteiger partial charge in [0.15, 0.2) is 0 Å². The van der Waals surface area contributed by atoms with Crippen LogP contribution < -0.4 is 0 Å². The monoisotopic (exact) mass is 206 g/mol. The van der Waals surface area contributed by atoms with E-state index in [0.29, 0.717) is 24.4 Å². The second-order valence-corrected chi connectivity index (χ2v) is 5.64. The Balaban J connectivity index is 1.49. The van der Waals surface area contributed by atoms with E-state index in [9.17, 15) is 0 Å². The van der Waals surface area contributed by atoms with Crippen molar-refractivity contribution in [1.29, 1.82) is 0 Å². The van der Waals surface area contributed by atoms with Crippen molar-refractivity contribution in [1.82, 2.24) is 0 Å². The molecular weight excluding hydrogens is 188 g/mol. The van der Waals surface area contributed by atoms with Gasteiger partial charge in [-0.15, -0.1) is 0 Å². The third kappa shape index (κ3) is 1.31. The van der Waals surface area contributed by atoms with E-state index in [0.717, 1.165) is 11.8 Å². The van der Waals surface area contributed by atoms with Gasteiger partial charge in [-0.3, -0.25) is 0 Å². The highest BCUT2D eigenvalue weighted by Gasteiger charge is 2.51. The minimum Gasteiger partial charge on any atom is -0.370 e. The van der Waals surface area contributed by atoms with Crippen molar-refractivity contribution in [3.63, 3.8) is 0 Å². The molecule has 2 aliphatic carbocycles. The highest BCUT2D eigenvalue weighted by molar-refractivity contribution is 5.21. The van der Waals surface area contributed by atoms with Crippen molar-refractivity contribution in [3.05, 3.63) is 12.2 Å². The van der Waals surface area contributed by atoms with Crippen molar-refractivity contribution >= 4 is 0 Å². The zero-order valence-corrected chi connectivity index (χ0v) is 9.02. The summed E-state index contributed by atoms with van der Waals surface area (Å²) < 4.78 is 11.2. The summed E-state index contributed by atoms with van der Waals surface area (Å²) in [6.07, 6.45) is 8.70. The molecule has 0 spiro atoms. The minimum atomic E-state index is 0.432. The van der Waals surface area contributed by atoms with Crippen LogP contribution in [-0.2, 0) is 9.47 Å². The largest absolute Gasteiger partial charge is 0.370 e. The zero-order valence-electron chi connectivity index (χ0n) is 9.02. The number of hydrogen-bond acceptors (Lipinski definition) is 2. The van der Waals surface area contributed by atoms with E-state index in [-0.39, 0.29) is 0 Å². The molecule has 4 unspecified atom stereocenters. The Morgan fingerprint density at radius 2 is 1.80 bits per heavy atom. The standard InChI is InChI=1S/C13H18O2/c1-7-9(3-5-11-13(7)15-11)8-2-4-10-12(6-8)14-10/h8-13H,1-6H2/t8?,9?,10?,11-,12?,13-/m0/s1. The van der Waals surface area contributed by atoms with Gasteiger partial charge in [-0.05, 0) is 49.5 Å². The molecule has 0 N–H and O–H groups in total. The Morgan fingerprint density at radius 3 is 2.67 bits per heavy atom. The summed E-state index contributed by atoms with van der Waals surface area (Å²) in [5, 5.41) is 0. The summed E-state index contributed by atoms with van der Waals surface area (Å²) in [4.78, 5) is 0. The second kappa shape index (κ2) is 2.86. The molecule has 0 radical (unpaired) electrons. The van der Waals surface area contributed by atoms with E-state index in [4.69, 9.17) is 9.47 Å². The smallest absolute Gasteiger partial charge is 0.105 e. The van der Waals surface area contributed by atoms with Gasteiger partial charge in [-0.2, -0.15) is 0 Å². The van der Waals surface area contributed by atoms with Gasteiger partial charge in [0.25, 0.3) is 0 Å². The highest BCUT2D eigenvalue weighted by atomic mass is 16.6. The Morgan fingerprint density at radius 1 is 0.933 bits per heavy atom. The van der Waals surface area contributed by atoms with E-state index in [1.165, 1.54) is 37.7 Å². The van der Waals surface area contributed by atoms with Gasteiger partial charge in [-0.1, -0.05) is 6.58 Å². The molecule has 15 heavy (non-hydrogen) atoms. The van der Waals surface area contributed by atoms with Gasteiger partial charge in [0, 0.05) is 0 Å². The van der Waals surface area contributed by atoms with Crippen LogP contribution in [0.5, 0.6) is 0 Å². The molecule has 0 aromatic carbocycles. The van der Waals surface area contributed by atoms with Crippen LogP contribution in [0.25, 0.3) is 0 Å². The van der Waals surface area contributed by atoms with Gasteiger partial charge in [0.2, 0.25) is 0 Å². The average molecular weight is 206 g/mol. The molecule has 4 aliphatic rings. The maximum Gasteiger partial charge on any atom is 0.105 e. The molecule has 0 aromatic rings. The van der Waals surface area contributed by atoms with Crippen molar-refractivity contribution in [3.8, 4) is 0 Å². The van der Waals surface area contributed by atoms with Gasteiger partial charge in [0.05, 0.1) is 18.3 Å². The van der Waals surface area contributed by atoms with Crippen LogP contribution in [0.15, 0.2) is 12.2 Å². The fraction of sp³-hybridized carbons (Fsp3) is 0.846. The molecule has 2 heterocycles. The van der Waals surface area contributed by atoms with Crippen LogP contribution >= 0.6 is 0 Å². The van der Waals surface area contributed by atoms with Crippen LogP contribution in [0.2, 0.25) is 0 Å². The van der Waals surface area contributed by atoms with Crippen LogP contribution in [0, 0.1) is 11.8 Å². The maximum atomic E-state index is 5.62. The molecule has 0 bridgehead atoms. The Kier molecular flexibility index (Phi) is 1.67. The SMILES string of the molecule is C=C1C(C2CCC3OC3C2)CC[C@@H]2O[C@@H]12. The van der Waals surface area contributed by atoms with Crippen LogP contribution in [0.3, 0.4) is 0 Å². The minimum absolute atomic E-state index is 0.432. The molecule has 0 amide bonds.